The van der Waals surface area contributed by atoms with Crippen molar-refractivity contribution in [1.29, 1.82) is 0 Å². The molecule has 3 rings (SSSR count). The zero-order valence-electron chi connectivity index (χ0n) is 11.8. The van der Waals surface area contributed by atoms with E-state index in [2.05, 4.69) is 66.6 Å². The molecule has 3 aromatic rings. The Balaban J connectivity index is 1.80. The predicted octanol–water partition coefficient (Wildman–Crippen LogP) is 4.93. The molecule has 0 aliphatic carbocycles. The Morgan fingerprint density at radius 2 is 1.38 bits per heavy atom. The molecule has 0 N–H and O–H groups in total. The quantitative estimate of drug-likeness (QED) is 0.591. The third kappa shape index (κ3) is 3.22. The van der Waals surface area contributed by atoms with Gasteiger partial charge < -0.3 is 0 Å². The monoisotopic (exact) mass is 268 g/mol. The molecule has 0 unspecified atom stereocenters. The fourth-order valence-corrected chi connectivity index (χ4v) is 2.45. The highest BCUT2D eigenvalue weighted by Gasteiger charge is 2.00. The SMILES string of the molecule is C#Cc1cccc(Cc2ccc(-c3ccccc3)cc2)c1. The van der Waals surface area contributed by atoms with Gasteiger partial charge in [0.2, 0.25) is 0 Å². The second-order valence-corrected chi connectivity index (χ2v) is 5.08. The summed E-state index contributed by atoms with van der Waals surface area (Å²) in [6, 6.07) is 27.3. The minimum absolute atomic E-state index is 0.907. The molecule has 0 radical (unpaired) electrons. The topological polar surface area (TPSA) is 0 Å². The number of terminal acetylenes is 1. The third-order valence-corrected chi connectivity index (χ3v) is 3.56. The van der Waals surface area contributed by atoms with Gasteiger partial charge in [-0.2, -0.15) is 0 Å². The summed E-state index contributed by atoms with van der Waals surface area (Å²) in [5.74, 6) is 2.68. The lowest BCUT2D eigenvalue weighted by Crippen LogP contribution is -1.89. The van der Waals surface area contributed by atoms with Gasteiger partial charge >= 0.3 is 0 Å². The fraction of sp³-hybridized carbons (Fsp3) is 0.0476. The van der Waals surface area contributed by atoms with Gasteiger partial charge in [-0.3, -0.25) is 0 Å². The average molecular weight is 268 g/mol. The molecule has 100 valence electrons. The van der Waals surface area contributed by atoms with Gasteiger partial charge in [-0.05, 0) is 40.8 Å². The van der Waals surface area contributed by atoms with E-state index in [1.165, 1.54) is 22.3 Å². The highest BCUT2D eigenvalue weighted by molar-refractivity contribution is 5.63. The van der Waals surface area contributed by atoms with Crippen molar-refractivity contribution in [2.45, 2.75) is 6.42 Å². The van der Waals surface area contributed by atoms with Gasteiger partial charge in [0.25, 0.3) is 0 Å². The largest absolute Gasteiger partial charge is 0.115 e. The maximum atomic E-state index is 5.45. The van der Waals surface area contributed by atoms with E-state index in [-0.39, 0.29) is 0 Å². The van der Waals surface area contributed by atoms with Crippen molar-refractivity contribution in [2.75, 3.05) is 0 Å². The standard InChI is InChI=1S/C21H16/c1-2-17-7-6-8-19(15-17)16-18-11-13-21(14-12-18)20-9-4-3-5-10-20/h1,3-15H,16H2. The van der Waals surface area contributed by atoms with Crippen LogP contribution >= 0.6 is 0 Å². The first kappa shape index (κ1) is 13.2. The lowest BCUT2D eigenvalue weighted by Gasteiger charge is -2.05. The molecule has 0 atom stereocenters. The van der Waals surface area contributed by atoms with Gasteiger partial charge in [0.15, 0.2) is 0 Å². The summed E-state index contributed by atoms with van der Waals surface area (Å²) in [5, 5.41) is 0. The smallest absolute Gasteiger partial charge is 0.0245 e. The van der Waals surface area contributed by atoms with Crippen molar-refractivity contribution in [3.8, 4) is 23.5 Å². The van der Waals surface area contributed by atoms with Crippen molar-refractivity contribution in [3.63, 3.8) is 0 Å². The first-order valence-electron chi connectivity index (χ1n) is 7.05. The molecule has 0 saturated carbocycles. The van der Waals surface area contributed by atoms with Gasteiger partial charge in [-0.1, -0.05) is 72.7 Å². The molecule has 0 saturated heterocycles. The molecule has 0 fully saturated rings. The molecule has 0 aliphatic rings. The van der Waals surface area contributed by atoms with Gasteiger partial charge in [-0.15, -0.1) is 6.42 Å². The van der Waals surface area contributed by atoms with E-state index in [0.717, 1.165) is 12.0 Å². The van der Waals surface area contributed by atoms with Crippen molar-refractivity contribution >= 4 is 0 Å². The first-order chi connectivity index (χ1) is 10.3. The minimum Gasteiger partial charge on any atom is -0.115 e. The Morgan fingerprint density at radius 3 is 2.10 bits per heavy atom. The second kappa shape index (κ2) is 6.11. The summed E-state index contributed by atoms with van der Waals surface area (Å²) in [7, 11) is 0. The van der Waals surface area contributed by atoms with Crippen LogP contribution in [-0.4, -0.2) is 0 Å². The molecule has 3 aromatic carbocycles. The zero-order chi connectivity index (χ0) is 14.5. The Kier molecular flexibility index (Phi) is 3.85. The van der Waals surface area contributed by atoms with Crippen LogP contribution in [0, 0.1) is 12.3 Å². The lowest BCUT2D eigenvalue weighted by atomic mass is 9.99. The first-order valence-corrected chi connectivity index (χ1v) is 7.05. The van der Waals surface area contributed by atoms with E-state index in [0.29, 0.717) is 0 Å². The third-order valence-electron chi connectivity index (χ3n) is 3.56. The average Bonchev–Trinajstić information content (AvgIpc) is 2.56. The molecular formula is C21H16. The molecule has 0 spiro atoms. The van der Waals surface area contributed by atoms with Gasteiger partial charge in [0.1, 0.15) is 0 Å². The van der Waals surface area contributed by atoms with Crippen LogP contribution in [-0.2, 0) is 6.42 Å². The van der Waals surface area contributed by atoms with Crippen LogP contribution in [0.5, 0.6) is 0 Å². The van der Waals surface area contributed by atoms with Crippen LogP contribution < -0.4 is 0 Å². The van der Waals surface area contributed by atoms with Gasteiger partial charge in [0.05, 0.1) is 0 Å². The van der Waals surface area contributed by atoms with Crippen LogP contribution in [0.15, 0.2) is 78.9 Å². The summed E-state index contributed by atoms with van der Waals surface area (Å²) in [5.41, 5.74) is 5.98. The van der Waals surface area contributed by atoms with Gasteiger partial charge in [0, 0.05) is 5.56 Å². The molecule has 0 aromatic heterocycles. The Labute approximate surface area is 126 Å². The second-order valence-electron chi connectivity index (χ2n) is 5.08. The number of rotatable bonds is 3. The number of hydrogen-bond acceptors (Lipinski definition) is 0. The van der Waals surface area contributed by atoms with E-state index in [9.17, 15) is 0 Å². The van der Waals surface area contributed by atoms with Crippen LogP contribution in [0.25, 0.3) is 11.1 Å². The molecule has 0 bridgehead atoms. The summed E-state index contributed by atoms with van der Waals surface area (Å²) in [6.07, 6.45) is 6.35. The van der Waals surface area contributed by atoms with Crippen molar-refractivity contribution in [3.05, 3.63) is 95.6 Å². The molecule has 0 amide bonds. The zero-order valence-corrected chi connectivity index (χ0v) is 11.8. The summed E-state index contributed by atoms with van der Waals surface area (Å²) in [4.78, 5) is 0. The van der Waals surface area contributed by atoms with Crippen LogP contribution in [0.3, 0.4) is 0 Å². The predicted molar refractivity (Wildman–Crippen MR) is 89.1 cm³/mol. The highest BCUT2D eigenvalue weighted by atomic mass is 14.0. The maximum Gasteiger partial charge on any atom is 0.0245 e. The fourth-order valence-electron chi connectivity index (χ4n) is 2.45. The number of benzene rings is 3. The molecular weight excluding hydrogens is 252 g/mol. The Bertz CT molecular complexity index is 759. The van der Waals surface area contributed by atoms with E-state index in [1.54, 1.807) is 0 Å². The van der Waals surface area contributed by atoms with Crippen LogP contribution in [0.1, 0.15) is 16.7 Å². The van der Waals surface area contributed by atoms with Crippen molar-refractivity contribution in [1.82, 2.24) is 0 Å². The number of hydrogen-bond donors (Lipinski definition) is 0. The summed E-state index contributed by atoms with van der Waals surface area (Å²) in [6.45, 7) is 0. The maximum absolute atomic E-state index is 5.45. The lowest BCUT2D eigenvalue weighted by molar-refractivity contribution is 1.19. The molecule has 0 heterocycles. The van der Waals surface area contributed by atoms with Gasteiger partial charge in [-0.25, -0.2) is 0 Å². The molecule has 0 heteroatoms. The molecule has 0 aliphatic heterocycles. The highest BCUT2D eigenvalue weighted by Crippen LogP contribution is 2.20. The normalized spacial score (nSPS) is 10.0. The van der Waals surface area contributed by atoms with Crippen LogP contribution in [0.2, 0.25) is 0 Å². The Morgan fingerprint density at radius 1 is 0.667 bits per heavy atom. The van der Waals surface area contributed by atoms with Crippen molar-refractivity contribution < 1.29 is 0 Å². The van der Waals surface area contributed by atoms with E-state index in [1.807, 2.05) is 18.2 Å². The van der Waals surface area contributed by atoms with Crippen LogP contribution in [0.4, 0.5) is 0 Å². The molecule has 0 nitrogen and oxygen atoms in total. The van der Waals surface area contributed by atoms with E-state index in [4.69, 9.17) is 6.42 Å². The van der Waals surface area contributed by atoms with Crippen molar-refractivity contribution in [2.24, 2.45) is 0 Å². The molecule has 21 heavy (non-hydrogen) atoms. The summed E-state index contributed by atoms with van der Waals surface area (Å²) < 4.78 is 0. The van der Waals surface area contributed by atoms with E-state index < -0.39 is 0 Å². The minimum atomic E-state index is 0.907. The summed E-state index contributed by atoms with van der Waals surface area (Å²) >= 11 is 0. The Hall–Kier alpha value is -2.78. The van der Waals surface area contributed by atoms with E-state index >= 15 is 0 Å².